The molecule has 0 spiro atoms. The number of benzene rings is 2. The molecular formula is C24H22Cl3N3O2. The number of hydrogen-bond acceptors (Lipinski definition) is 4. The van der Waals surface area contributed by atoms with Gasteiger partial charge in [-0.25, -0.2) is 0 Å². The van der Waals surface area contributed by atoms with Crippen LogP contribution in [0.2, 0.25) is 15.1 Å². The average molecular weight is 491 g/mol. The SMILES string of the molecule is O=c1c2c(n(O)c3ccc(Cl)cc13)CC(c1ccc(Cl)cc1Cl)C/C2=N\N1CCCCC1. The summed E-state index contributed by atoms with van der Waals surface area (Å²) in [7, 11) is 0. The Bertz CT molecular complexity index is 1300. The number of rotatable bonds is 2. The van der Waals surface area contributed by atoms with Gasteiger partial charge in [0.05, 0.1) is 27.9 Å². The van der Waals surface area contributed by atoms with Gasteiger partial charge in [-0.15, -0.1) is 0 Å². The van der Waals surface area contributed by atoms with Crippen LogP contribution in [0.25, 0.3) is 10.9 Å². The molecule has 1 fully saturated rings. The summed E-state index contributed by atoms with van der Waals surface area (Å²) in [6.07, 6.45) is 4.35. The first kappa shape index (κ1) is 21.6. The third-order valence-corrected chi connectivity index (χ3v) is 7.17. The molecule has 0 radical (unpaired) electrons. The summed E-state index contributed by atoms with van der Waals surface area (Å²) in [5, 5.41) is 20.1. The van der Waals surface area contributed by atoms with Gasteiger partial charge in [0.25, 0.3) is 0 Å². The number of hydrogen-bond donors (Lipinski definition) is 1. The second-order valence-electron chi connectivity index (χ2n) is 8.46. The van der Waals surface area contributed by atoms with Crippen molar-refractivity contribution in [2.75, 3.05) is 13.1 Å². The number of piperidine rings is 1. The fourth-order valence-corrected chi connectivity index (χ4v) is 5.55. The molecule has 1 unspecified atom stereocenters. The molecule has 5 nitrogen and oxygen atoms in total. The number of pyridine rings is 1. The van der Waals surface area contributed by atoms with Crippen LogP contribution < -0.4 is 5.43 Å². The quantitative estimate of drug-likeness (QED) is 0.440. The molecule has 2 aliphatic rings. The maximum absolute atomic E-state index is 13.6. The van der Waals surface area contributed by atoms with Crippen LogP contribution in [0.5, 0.6) is 0 Å². The minimum absolute atomic E-state index is 0.0432. The van der Waals surface area contributed by atoms with Gasteiger partial charge >= 0.3 is 0 Å². The second-order valence-corrected chi connectivity index (χ2v) is 9.74. The fourth-order valence-electron chi connectivity index (χ4n) is 4.81. The van der Waals surface area contributed by atoms with Crippen LogP contribution in [-0.4, -0.2) is 33.7 Å². The van der Waals surface area contributed by atoms with Crippen molar-refractivity contribution in [3.8, 4) is 0 Å². The van der Waals surface area contributed by atoms with Crippen LogP contribution in [0.3, 0.4) is 0 Å². The minimum Gasteiger partial charge on any atom is -0.428 e. The number of fused-ring (bicyclic) bond motifs is 2. The van der Waals surface area contributed by atoms with Crippen LogP contribution in [0.1, 0.15) is 48.4 Å². The van der Waals surface area contributed by atoms with Crippen molar-refractivity contribution in [3.63, 3.8) is 0 Å². The van der Waals surface area contributed by atoms with E-state index in [4.69, 9.17) is 39.9 Å². The van der Waals surface area contributed by atoms with Gasteiger partial charge < -0.3 is 5.21 Å². The number of nitrogens with zero attached hydrogens (tertiary/aromatic N) is 3. The van der Waals surface area contributed by atoms with Gasteiger partial charge in [-0.05, 0) is 73.9 Å². The molecule has 1 aromatic heterocycles. The molecule has 0 bridgehead atoms. The smallest absolute Gasteiger partial charge is 0.199 e. The van der Waals surface area contributed by atoms with Crippen molar-refractivity contribution in [2.45, 2.75) is 38.0 Å². The molecular weight excluding hydrogens is 469 g/mol. The highest BCUT2D eigenvalue weighted by Crippen LogP contribution is 2.37. The molecule has 3 aromatic rings. The summed E-state index contributed by atoms with van der Waals surface area (Å²) in [4.78, 5) is 13.6. The van der Waals surface area contributed by atoms with Crippen LogP contribution in [0.4, 0.5) is 0 Å². The van der Waals surface area contributed by atoms with E-state index in [0.717, 1.165) is 36.2 Å². The van der Waals surface area contributed by atoms with Gasteiger partial charge in [-0.1, -0.05) is 40.9 Å². The Hall–Kier alpha value is -2.21. The molecule has 8 heteroatoms. The molecule has 1 aliphatic carbocycles. The van der Waals surface area contributed by atoms with Gasteiger partial charge in [0.2, 0.25) is 0 Å². The number of aromatic nitrogens is 1. The van der Waals surface area contributed by atoms with E-state index in [-0.39, 0.29) is 11.3 Å². The van der Waals surface area contributed by atoms with E-state index >= 15 is 0 Å². The molecule has 2 heterocycles. The number of halogens is 3. The monoisotopic (exact) mass is 489 g/mol. The molecule has 32 heavy (non-hydrogen) atoms. The van der Waals surface area contributed by atoms with Crippen molar-refractivity contribution in [2.24, 2.45) is 5.10 Å². The molecule has 2 aromatic carbocycles. The molecule has 5 rings (SSSR count). The van der Waals surface area contributed by atoms with Gasteiger partial charge in [-0.2, -0.15) is 9.83 Å². The molecule has 1 saturated heterocycles. The van der Waals surface area contributed by atoms with Gasteiger partial charge in [0, 0.05) is 28.2 Å². The lowest BCUT2D eigenvalue weighted by Crippen LogP contribution is -2.34. The Labute approximate surface area is 200 Å². The molecule has 1 aliphatic heterocycles. The van der Waals surface area contributed by atoms with E-state index in [9.17, 15) is 10.0 Å². The van der Waals surface area contributed by atoms with Crippen LogP contribution in [0, 0.1) is 0 Å². The summed E-state index contributed by atoms with van der Waals surface area (Å²) in [5.74, 6) is -0.0432. The van der Waals surface area contributed by atoms with E-state index in [1.807, 2.05) is 17.1 Å². The van der Waals surface area contributed by atoms with Crippen LogP contribution in [0.15, 0.2) is 46.3 Å². The van der Waals surface area contributed by atoms with E-state index in [2.05, 4.69) is 0 Å². The largest absolute Gasteiger partial charge is 0.428 e. The zero-order chi connectivity index (χ0) is 22.4. The first-order chi connectivity index (χ1) is 15.4. The highest BCUT2D eigenvalue weighted by atomic mass is 35.5. The maximum Gasteiger partial charge on any atom is 0.199 e. The highest BCUT2D eigenvalue weighted by Gasteiger charge is 2.32. The minimum atomic E-state index is -0.154. The Morgan fingerprint density at radius 1 is 0.938 bits per heavy atom. The van der Waals surface area contributed by atoms with Crippen molar-refractivity contribution >= 4 is 51.4 Å². The highest BCUT2D eigenvalue weighted by molar-refractivity contribution is 6.35. The lowest BCUT2D eigenvalue weighted by atomic mass is 9.80. The first-order valence-corrected chi connectivity index (χ1v) is 11.9. The van der Waals surface area contributed by atoms with Crippen molar-refractivity contribution < 1.29 is 5.21 Å². The summed E-state index contributed by atoms with van der Waals surface area (Å²) < 4.78 is 1.12. The third kappa shape index (κ3) is 3.87. The van der Waals surface area contributed by atoms with Crippen LogP contribution >= 0.6 is 34.8 Å². The second kappa shape index (κ2) is 8.62. The number of hydrazone groups is 1. The van der Waals surface area contributed by atoms with Crippen LogP contribution in [-0.2, 0) is 6.42 Å². The first-order valence-electron chi connectivity index (χ1n) is 10.8. The maximum atomic E-state index is 13.6. The van der Waals surface area contributed by atoms with Crippen molar-refractivity contribution in [1.29, 1.82) is 0 Å². The normalized spacial score (nSPS) is 20.0. The summed E-state index contributed by atoms with van der Waals surface area (Å²) in [6, 6.07) is 10.4. The Kier molecular flexibility index (Phi) is 5.82. The Morgan fingerprint density at radius 3 is 2.41 bits per heavy atom. The molecule has 1 atom stereocenters. The van der Waals surface area contributed by atoms with Crippen molar-refractivity contribution in [1.82, 2.24) is 9.74 Å². The summed E-state index contributed by atoms with van der Waals surface area (Å²) >= 11 is 18.8. The predicted octanol–water partition coefficient (Wildman–Crippen LogP) is 6.12. The van der Waals surface area contributed by atoms with Crippen molar-refractivity contribution in [3.05, 3.63) is 78.5 Å². The van der Waals surface area contributed by atoms with Gasteiger partial charge in [0.1, 0.15) is 0 Å². The average Bonchev–Trinajstić information content (AvgIpc) is 2.78. The zero-order valence-electron chi connectivity index (χ0n) is 17.3. The lowest BCUT2D eigenvalue weighted by Gasteiger charge is -2.31. The molecule has 1 N–H and O–H groups in total. The van der Waals surface area contributed by atoms with E-state index in [1.165, 1.54) is 6.42 Å². The van der Waals surface area contributed by atoms with E-state index in [1.54, 1.807) is 24.3 Å². The lowest BCUT2D eigenvalue weighted by molar-refractivity contribution is 0.185. The molecule has 0 saturated carbocycles. The van der Waals surface area contributed by atoms with E-state index in [0.29, 0.717) is 55.8 Å². The zero-order valence-corrected chi connectivity index (χ0v) is 19.6. The standard InChI is InChI=1S/C24H22Cl3N3O2/c25-15-5-7-21-18(12-15)24(31)23-20(28-29-8-2-1-3-9-29)10-14(11-22(23)30(21)32)17-6-4-16(26)13-19(17)27/h4-7,12-14,32H,1-3,8-11H2/b28-20+. The predicted molar refractivity (Wildman–Crippen MR) is 130 cm³/mol. The third-order valence-electron chi connectivity index (χ3n) is 6.37. The van der Waals surface area contributed by atoms with Gasteiger partial charge in [-0.3, -0.25) is 9.80 Å². The summed E-state index contributed by atoms with van der Waals surface area (Å²) in [5.41, 5.74) is 2.89. The fraction of sp³-hybridized carbons (Fsp3) is 0.333. The topological polar surface area (TPSA) is 57.8 Å². The summed E-state index contributed by atoms with van der Waals surface area (Å²) in [6.45, 7) is 1.72. The van der Waals surface area contributed by atoms with Gasteiger partial charge in [0.15, 0.2) is 5.43 Å². The molecule has 0 amide bonds. The molecule has 166 valence electrons. The Morgan fingerprint density at radius 2 is 1.66 bits per heavy atom. The Balaban J connectivity index is 1.71. The van der Waals surface area contributed by atoms with E-state index < -0.39 is 0 Å².